The Kier molecular flexibility index (Phi) is 9.84. The molecule has 0 radical (unpaired) electrons. The molecule has 3 unspecified atom stereocenters. The number of ether oxygens (including phenoxy) is 1. The number of aliphatic hydroxyl groups is 1. The summed E-state index contributed by atoms with van der Waals surface area (Å²) in [6.07, 6.45) is 7.40. The third-order valence-electron chi connectivity index (χ3n) is 9.97. The number of hydrogen-bond acceptors (Lipinski definition) is 8. The number of carbonyl (C=O) groups excluding carboxylic acids is 3. The van der Waals surface area contributed by atoms with E-state index in [9.17, 15) is 19.5 Å². The SMILES string of the molecule is C=CCCCCOC(=O)[C@@H]1[C@@H]2CC(C)C3(S2)C(C(=O)N(CC=C)Cn2nnc4ccccc42)N([C@@H](CO)[C@@H](C)CC)C(=O)[C@H]13. The number of hydrogen-bond donors (Lipinski definition) is 1. The van der Waals surface area contributed by atoms with Gasteiger partial charge in [-0.2, -0.15) is 0 Å². The molecule has 3 saturated heterocycles. The van der Waals surface area contributed by atoms with E-state index in [-0.39, 0.29) is 54.7 Å². The van der Waals surface area contributed by atoms with Crippen LogP contribution in [0, 0.1) is 23.7 Å². The second-order valence-corrected chi connectivity index (χ2v) is 14.0. The quantitative estimate of drug-likeness (QED) is 0.179. The number of aromatic nitrogens is 3. The molecule has 2 bridgehead atoms. The summed E-state index contributed by atoms with van der Waals surface area (Å²) in [4.78, 5) is 46.5. The van der Waals surface area contributed by atoms with Crippen molar-refractivity contribution in [1.29, 1.82) is 0 Å². The summed E-state index contributed by atoms with van der Waals surface area (Å²) in [5.41, 5.74) is 1.51. The summed E-state index contributed by atoms with van der Waals surface area (Å²) in [6, 6.07) is 6.12. The van der Waals surface area contributed by atoms with E-state index >= 15 is 0 Å². The number of allylic oxidation sites excluding steroid dienone is 1. The molecule has 2 aromatic rings. The fourth-order valence-electron chi connectivity index (χ4n) is 7.57. The van der Waals surface area contributed by atoms with Crippen LogP contribution in [0.4, 0.5) is 0 Å². The van der Waals surface area contributed by atoms with Gasteiger partial charge in [0.2, 0.25) is 11.8 Å². The van der Waals surface area contributed by atoms with Gasteiger partial charge in [0.25, 0.3) is 0 Å². The lowest BCUT2D eigenvalue weighted by molar-refractivity contribution is -0.155. The minimum atomic E-state index is -0.865. The number of amides is 2. The summed E-state index contributed by atoms with van der Waals surface area (Å²) in [6.45, 7) is 14.1. The summed E-state index contributed by atoms with van der Waals surface area (Å²) in [7, 11) is 0. The van der Waals surface area contributed by atoms with Crippen LogP contribution in [0.25, 0.3) is 11.0 Å². The standard InChI is InChI=1S/C33H45N5O5S/c1-6-9-10-13-17-43-32(42)27-26-18-22(5)33(44-26)28(27)30(40)38(25(19-39)21(4)8-3)29(33)31(41)36(16-7-2)20-37-24-15-12-11-14-23(24)34-35-37/h6-7,11-12,14-15,21-22,25-29,39H,1-2,8-10,13,16-20H2,3-5H3/t21-,22?,25-,26-,27+,28-,29?,33?/m0/s1. The zero-order valence-corrected chi connectivity index (χ0v) is 26.8. The van der Waals surface area contributed by atoms with Crippen LogP contribution >= 0.6 is 11.8 Å². The highest BCUT2D eigenvalue weighted by molar-refractivity contribution is 8.02. The maximum absolute atomic E-state index is 14.9. The second kappa shape index (κ2) is 13.4. The molecule has 5 rings (SSSR count). The van der Waals surface area contributed by atoms with Gasteiger partial charge in [0, 0.05) is 11.8 Å². The van der Waals surface area contributed by atoms with Gasteiger partial charge in [-0.05, 0) is 49.7 Å². The van der Waals surface area contributed by atoms with E-state index in [1.54, 1.807) is 32.3 Å². The van der Waals surface area contributed by atoms with Gasteiger partial charge in [-0.3, -0.25) is 14.4 Å². The number of fused-ring (bicyclic) bond motifs is 2. The predicted octanol–water partition coefficient (Wildman–Crippen LogP) is 4.05. The van der Waals surface area contributed by atoms with Crippen molar-refractivity contribution in [2.24, 2.45) is 23.7 Å². The largest absolute Gasteiger partial charge is 0.465 e. The van der Waals surface area contributed by atoms with E-state index in [1.807, 2.05) is 44.2 Å². The van der Waals surface area contributed by atoms with Crippen molar-refractivity contribution in [2.45, 2.75) is 81.6 Å². The summed E-state index contributed by atoms with van der Waals surface area (Å²) in [5.74, 6) is -2.23. The number of carbonyl (C=O) groups is 3. The average molecular weight is 624 g/mol. The minimum Gasteiger partial charge on any atom is -0.465 e. The Morgan fingerprint density at radius 2 is 2.05 bits per heavy atom. The third-order valence-corrected chi connectivity index (χ3v) is 12.0. The zero-order chi connectivity index (χ0) is 31.6. The van der Waals surface area contributed by atoms with Crippen LogP contribution in [0.3, 0.4) is 0 Å². The Hall–Kier alpha value is -3.18. The highest BCUT2D eigenvalue weighted by Gasteiger charge is 2.77. The van der Waals surface area contributed by atoms with Gasteiger partial charge in [0.1, 0.15) is 18.2 Å². The van der Waals surface area contributed by atoms with Crippen molar-refractivity contribution < 1.29 is 24.2 Å². The minimum absolute atomic E-state index is 0.00361. The first-order valence-corrected chi connectivity index (χ1v) is 16.7. The summed E-state index contributed by atoms with van der Waals surface area (Å²) >= 11 is 1.61. The van der Waals surface area contributed by atoms with E-state index in [1.165, 1.54) is 0 Å². The number of esters is 1. The van der Waals surface area contributed by atoms with Gasteiger partial charge in [0.05, 0.1) is 41.4 Å². The molecule has 238 valence electrons. The number of likely N-dealkylation sites (tertiary alicyclic amines) is 1. The van der Waals surface area contributed by atoms with Gasteiger partial charge < -0.3 is 19.6 Å². The Morgan fingerprint density at radius 1 is 1.27 bits per heavy atom. The first-order valence-electron chi connectivity index (χ1n) is 15.8. The van der Waals surface area contributed by atoms with Crippen molar-refractivity contribution in [2.75, 3.05) is 19.8 Å². The zero-order valence-electron chi connectivity index (χ0n) is 26.0. The maximum atomic E-state index is 14.9. The Morgan fingerprint density at radius 3 is 2.75 bits per heavy atom. The fourth-order valence-corrected chi connectivity index (χ4v) is 9.96. The van der Waals surface area contributed by atoms with Crippen LogP contribution in [0.5, 0.6) is 0 Å². The van der Waals surface area contributed by atoms with Crippen LogP contribution < -0.4 is 0 Å². The summed E-state index contributed by atoms with van der Waals surface area (Å²) < 4.78 is 6.62. The molecular weight excluding hydrogens is 578 g/mol. The molecule has 0 aliphatic carbocycles. The van der Waals surface area contributed by atoms with Crippen LogP contribution in [-0.2, 0) is 25.8 Å². The molecular formula is C33H45N5O5S. The molecule has 3 aliphatic rings. The molecule has 1 N–H and O–H groups in total. The van der Waals surface area contributed by atoms with E-state index in [2.05, 4.69) is 30.4 Å². The summed E-state index contributed by atoms with van der Waals surface area (Å²) in [5, 5.41) is 19.1. The van der Waals surface area contributed by atoms with Crippen molar-refractivity contribution >= 4 is 40.6 Å². The molecule has 8 atom stereocenters. The molecule has 0 saturated carbocycles. The van der Waals surface area contributed by atoms with Crippen molar-refractivity contribution in [1.82, 2.24) is 24.8 Å². The van der Waals surface area contributed by atoms with E-state index in [0.29, 0.717) is 13.0 Å². The number of thioether (sulfide) groups is 1. The highest BCUT2D eigenvalue weighted by Crippen LogP contribution is 2.69. The second-order valence-electron chi connectivity index (χ2n) is 12.5. The Labute approximate surface area is 263 Å². The van der Waals surface area contributed by atoms with Crippen LogP contribution in [0.2, 0.25) is 0 Å². The van der Waals surface area contributed by atoms with Gasteiger partial charge in [-0.25, -0.2) is 4.68 Å². The monoisotopic (exact) mass is 623 g/mol. The molecule has 1 aromatic carbocycles. The molecule has 3 fully saturated rings. The Bertz CT molecular complexity index is 1400. The Balaban J connectivity index is 1.53. The van der Waals surface area contributed by atoms with Gasteiger partial charge in [-0.15, -0.1) is 30.0 Å². The molecule has 3 aliphatic heterocycles. The molecule has 44 heavy (non-hydrogen) atoms. The predicted molar refractivity (Wildman–Crippen MR) is 170 cm³/mol. The van der Waals surface area contributed by atoms with Gasteiger partial charge >= 0.3 is 5.97 Å². The van der Waals surface area contributed by atoms with Gasteiger partial charge in [0.15, 0.2) is 0 Å². The van der Waals surface area contributed by atoms with Crippen LogP contribution in [-0.4, -0.2) is 89.5 Å². The topological polar surface area (TPSA) is 118 Å². The maximum Gasteiger partial charge on any atom is 0.310 e. The molecule has 1 spiro atoms. The molecule has 2 amide bonds. The third kappa shape index (κ3) is 5.36. The smallest absolute Gasteiger partial charge is 0.310 e. The molecule has 11 heteroatoms. The van der Waals surface area contributed by atoms with Crippen molar-refractivity contribution in [3.63, 3.8) is 0 Å². The average Bonchev–Trinajstić information content (AvgIpc) is 3.74. The first-order chi connectivity index (χ1) is 21.2. The normalized spacial score (nSPS) is 28.6. The highest BCUT2D eigenvalue weighted by atomic mass is 32.2. The lowest BCUT2D eigenvalue weighted by atomic mass is 9.66. The van der Waals surface area contributed by atoms with E-state index in [0.717, 1.165) is 36.7 Å². The van der Waals surface area contributed by atoms with Crippen molar-refractivity contribution in [3.8, 4) is 0 Å². The van der Waals surface area contributed by atoms with Crippen molar-refractivity contribution in [3.05, 3.63) is 49.6 Å². The number of benzene rings is 1. The molecule has 10 nitrogen and oxygen atoms in total. The lowest BCUT2D eigenvalue weighted by Gasteiger charge is -2.43. The number of unbranched alkanes of at least 4 members (excludes halogenated alkanes) is 2. The number of para-hydroxylation sites is 1. The van der Waals surface area contributed by atoms with E-state index in [4.69, 9.17) is 4.74 Å². The van der Waals surface area contributed by atoms with Crippen LogP contribution in [0.15, 0.2) is 49.6 Å². The first kappa shape index (κ1) is 32.2. The molecule has 4 heterocycles. The lowest BCUT2D eigenvalue weighted by Crippen LogP contribution is -2.60. The van der Waals surface area contributed by atoms with Gasteiger partial charge in [-0.1, -0.05) is 56.7 Å². The fraction of sp³-hybridized carbons (Fsp3) is 0.606. The number of rotatable bonds is 15. The van der Waals surface area contributed by atoms with Crippen LogP contribution in [0.1, 0.15) is 52.9 Å². The van der Waals surface area contributed by atoms with E-state index < -0.39 is 28.7 Å². The number of nitrogens with zero attached hydrogens (tertiary/aromatic N) is 5. The molecule has 1 aromatic heterocycles. The number of aliphatic hydroxyl groups excluding tert-OH is 1.